The molecule has 0 fully saturated rings. The maximum absolute atomic E-state index is 10.3. The molecule has 5 nitrogen and oxygen atoms in total. The van der Waals surface area contributed by atoms with E-state index in [1.54, 1.807) is 6.92 Å². The highest BCUT2D eigenvalue weighted by atomic mass is 32.2. The van der Waals surface area contributed by atoms with Crippen molar-refractivity contribution in [3.05, 3.63) is 12.2 Å². The standard InChI is InChI=1S/C4H7NO4S/c1-2-3-4(6)5-10(7,8)9/h2-3H,1H3,(H,5,6)(H,7,8,9). The summed E-state index contributed by atoms with van der Waals surface area (Å²) in [5.74, 6) is -0.870. The molecule has 0 atom stereocenters. The van der Waals surface area contributed by atoms with E-state index in [2.05, 4.69) is 0 Å². The van der Waals surface area contributed by atoms with Crippen LogP contribution in [0.5, 0.6) is 0 Å². The van der Waals surface area contributed by atoms with Crippen molar-refractivity contribution in [2.75, 3.05) is 0 Å². The monoisotopic (exact) mass is 165 g/mol. The summed E-state index contributed by atoms with van der Waals surface area (Å²) < 4.78 is 29.2. The molecule has 0 aromatic heterocycles. The highest BCUT2D eigenvalue weighted by Gasteiger charge is 2.04. The third-order valence-electron chi connectivity index (χ3n) is 0.548. The van der Waals surface area contributed by atoms with Gasteiger partial charge in [0.25, 0.3) is 5.91 Å². The molecule has 2 N–H and O–H groups in total. The Kier molecular flexibility index (Phi) is 3.04. The number of nitrogens with one attached hydrogen (secondary N) is 1. The Morgan fingerprint density at radius 2 is 2.10 bits per heavy atom. The van der Waals surface area contributed by atoms with E-state index in [-0.39, 0.29) is 0 Å². The lowest BCUT2D eigenvalue weighted by atomic mass is 10.5. The van der Waals surface area contributed by atoms with Gasteiger partial charge in [0.2, 0.25) is 0 Å². The lowest BCUT2D eigenvalue weighted by molar-refractivity contribution is -0.114. The van der Waals surface area contributed by atoms with Gasteiger partial charge in [-0.15, -0.1) is 0 Å². The molecule has 0 aromatic rings. The number of hydrogen-bond donors (Lipinski definition) is 2. The lowest BCUT2D eigenvalue weighted by Gasteiger charge is -1.93. The summed E-state index contributed by atoms with van der Waals surface area (Å²) in [4.78, 5) is 10.3. The Bertz CT molecular complexity index is 240. The van der Waals surface area contributed by atoms with Crippen molar-refractivity contribution < 1.29 is 17.8 Å². The fraction of sp³-hybridized carbons (Fsp3) is 0.250. The summed E-state index contributed by atoms with van der Waals surface area (Å²) in [5, 5.41) is 0. The fourth-order valence-electron chi connectivity index (χ4n) is 0.313. The second kappa shape index (κ2) is 3.33. The minimum atomic E-state index is -4.40. The Balaban J connectivity index is 4.07. The molecular weight excluding hydrogens is 158 g/mol. The van der Waals surface area contributed by atoms with E-state index in [1.165, 1.54) is 10.8 Å². The van der Waals surface area contributed by atoms with Crippen LogP contribution in [-0.2, 0) is 15.1 Å². The van der Waals surface area contributed by atoms with Crippen LogP contribution >= 0.6 is 0 Å². The zero-order valence-electron chi connectivity index (χ0n) is 5.23. The average molecular weight is 165 g/mol. The topological polar surface area (TPSA) is 83.5 Å². The van der Waals surface area contributed by atoms with Gasteiger partial charge in [-0.2, -0.15) is 8.42 Å². The van der Waals surface area contributed by atoms with Gasteiger partial charge in [-0.05, 0) is 13.0 Å². The highest BCUT2D eigenvalue weighted by Crippen LogP contribution is 1.76. The summed E-state index contributed by atoms with van der Waals surface area (Å²) in [6.07, 6.45) is 2.33. The molecule has 0 aliphatic rings. The summed E-state index contributed by atoms with van der Waals surface area (Å²) in [6, 6.07) is 0. The van der Waals surface area contributed by atoms with Gasteiger partial charge < -0.3 is 0 Å². The van der Waals surface area contributed by atoms with Crippen molar-refractivity contribution in [3.8, 4) is 0 Å². The van der Waals surface area contributed by atoms with E-state index in [4.69, 9.17) is 4.55 Å². The zero-order valence-corrected chi connectivity index (χ0v) is 6.05. The Morgan fingerprint density at radius 1 is 1.60 bits per heavy atom. The molecule has 0 saturated heterocycles. The van der Waals surface area contributed by atoms with Crippen molar-refractivity contribution in [1.29, 1.82) is 0 Å². The second-order valence-corrected chi connectivity index (χ2v) is 2.60. The second-order valence-electron chi connectivity index (χ2n) is 1.44. The van der Waals surface area contributed by atoms with Crippen LogP contribution in [0.2, 0.25) is 0 Å². The molecule has 1 amide bonds. The quantitative estimate of drug-likeness (QED) is 0.426. The number of allylic oxidation sites excluding steroid dienone is 1. The van der Waals surface area contributed by atoms with Gasteiger partial charge in [-0.25, -0.2) is 4.72 Å². The van der Waals surface area contributed by atoms with E-state index in [0.29, 0.717) is 0 Å². The fourth-order valence-corrected chi connectivity index (χ4v) is 0.635. The molecular formula is C4H7NO4S. The van der Waals surface area contributed by atoms with Crippen LogP contribution in [0.1, 0.15) is 6.92 Å². The molecule has 58 valence electrons. The average Bonchev–Trinajstić information content (AvgIpc) is 1.59. The van der Waals surface area contributed by atoms with Crippen LogP contribution in [0, 0.1) is 0 Å². The van der Waals surface area contributed by atoms with Gasteiger partial charge in [0.1, 0.15) is 0 Å². The molecule has 0 aromatic carbocycles. The van der Waals surface area contributed by atoms with Gasteiger partial charge in [0.05, 0.1) is 0 Å². The third kappa shape index (κ3) is 5.26. The van der Waals surface area contributed by atoms with Crippen molar-refractivity contribution in [2.24, 2.45) is 0 Å². The smallest absolute Gasteiger partial charge is 0.269 e. The molecule has 0 radical (unpaired) electrons. The van der Waals surface area contributed by atoms with Crippen molar-refractivity contribution >= 4 is 16.2 Å². The van der Waals surface area contributed by atoms with Gasteiger partial charge in [-0.3, -0.25) is 9.35 Å². The van der Waals surface area contributed by atoms with E-state index in [1.807, 2.05) is 0 Å². The predicted octanol–water partition coefficient (Wildman–Crippen LogP) is -0.518. The predicted molar refractivity (Wildman–Crippen MR) is 34.5 cm³/mol. The highest BCUT2D eigenvalue weighted by molar-refractivity contribution is 7.84. The largest absolute Gasteiger partial charge is 0.359 e. The van der Waals surface area contributed by atoms with Crippen molar-refractivity contribution in [1.82, 2.24) is 4.72 Å². The lowest BCUT2D eigenvalue weighted by Crippen LogP contribution is -2.27. The summed E-state index contributed by atoms with van der Waals surface area (Å²) in [7, 11) is -4.40. The van der Waals surface area contributed by atoms with Crippen molar-refractivity contribution in [2.45, 2.75) is 6.92 Å². The van der Waals surface area contributed by atoms with Gasteiger partial charge in [-0.1, -0.05) is 6.08 Å². The molecule has 10 heavy (non-hydrogen) atoms. The van der Waals surface area contributed by atoms with E-state index in [9.17, 15) is 13.2 Å². The first-order chi connectivity index (χ1) is 4.45. The molecule has 0 aliphatic heterocycles. The number of carbonyl (C=O) groups is 1. The normalized spacial score (nSPS) is 11.8. The van der Waals surface area contributed by atoms with E-state index >= 15 is 0 Å². The Hall–Kier alpha value is -0.880. The van der Waals surface area contributed by atoms with E-state index in [0.717, 1.165) is 6.08 Å². The summed E-state index contributed by atoms with van der Waals surface area (Å²) in [5.41, 5.74) is 0. The van der Waals surface area contributed by atoms with Crippen LogP contribution in [-0.4, -0.2) is 18.9 Å². The molecule has 0 bridgehead atoms. The van der Waals surface area contributed by atoms with Crippen LogP contribution in [0.3, 0.4) is 0 Å². The molecule has 0 spiro atoms. The van der Waals surface area contributed by atoms with Crippen LogP contribution < -0.4 is 4.72 Å². The van der Waals surface area contributed by atoms with E-state index < -0.39 is 16.2 Å². The Labute approximate surface area is 58.6 Å². The molecule has 6 heteroatoms. The van der Waals surface area contributed by atoms with Crippen LogP contribution in [0.4, 0.5) is 0 Å². The summed E-state index contributed by atoms with van der Waals surface area (Å²) >= 11 is 0. The van der Waals surface area contributed by atoms with Gasteiger partial charge in [0, 0.05) is 0 Å². The maximum atomic E-state index is 10.3. The molecule has 0 heterocycles. The first-order valence-electron chi connectivity index (χ1n) is 2.37. The minimum Gasteiger partial charge on any atom is -0.269 e. The maximum Gasteiger partial charge on any atom is 0.359 e. The molecule has 0 aliphatic carbocycles. The van der Waals surface area contributed by atoms with Crippen LogP contribution in [0.25, 0.3) is 0 Å². The summed E-state index contributed by atoms with van der Waals surface area (Å²) in [6.45, 7) is 1.55. The number of amides is 1. The van der Waals surface area contributed by atoms with Crippen molar-refractivity contribution in [3.63, 3.8) is 0 Å². The third-order valence-corrected chi connectivity index (χ3v) is 1.01. The number of hydrogen-bond acceptors (Lipinski definition) is 3. The Morgan fingerprint density at radius 3 is 2.40 bits per heavy atom. The zero-order chi connectivity index (χ0) is 8.20. The molecule has 0 unspecified atom stereocenters. The number of carbonyl (C=O) groups excluding carboxylic acids is 1. The number of rotatable bonds is 2. The minimum absolute atomic E-state index is 0.870. The van der Waals surface area contributed by atoms with Gasteiger partial charge >= 0.3 is 10.3 Å². The SMILES string of the molecule is CC=CC(=O)NS(=O)(=O)O. The van der Waals surface area contributed by atoms with Crippen LogP contribution in [0.15, 0.2) is 12.2 Å². The van der Waals surface area contributed by atoms with Gasteiger partial charge in [0.15, 0.2) is 0 Å². The first kappa shape index (κ1) is 9.12. The molecule has 0 rings (SSSR count). The molecule has 0 saturated carbocycles. The first-order valence-corrected chi connectivity index (χ1v) is 3.81.